The number of allylic oxidation sites excluding steroid dienone is 1. The molecule has 0 aliphatic carbocycles. The summed E-state index contributed by atoms with van der Waals surface area (Å²) in [7, 11) is 0. The second kappa shape index (κ2) is 9.38. The molecule has 1 unspecified atom stereocenters. The Kier molecular flexibility index (Phi) is 6.13. The lowest BCUT2D eigenvalue weighted by Gasteiger charge is -2.43. The van der Waals surface area contributed by atoms with E-state index in [1.165, 1.54) is 6.34 Å². The summed E-state index contributed by atoms with van der Waals surface area (Å²) in [6.07, 6.45) is 6.62. The molecule has 3 aliphatic rings. The highest BCUT2D eigenvalue weighted by Gasteiger charge is 2.49. The number of aliphatic imine (C=N–C) groups is 2. The van der Waals surface area contributed by atoms with Crippen molar-refractivity contribution in [1.82, 2.24) is 15.3 Å². The van der Waals surface area contributed by atoms with Crippen molar-refractivity contribution in [2.45, 2.75) is 38.4 Å². The number of nitrogens with one attached hydrogen (secondary N) is 1. The molecule has 35 heavy (non-hydrogen) atoms. The summed E-state index contributed by atoms with van der Waals surface area (Å²) >= 11 is 0. The van der Waals surface area contributed by atoms with Crippen molar-refractivity contribution in [2.24, 2.45) is 15.7 Å². The van der Waals surface area contributed by atoms with Crippen LogP contribution in [0.5, 0.6) is 11.5 Å². The first-order valence-corrected chi connectivity index (χ1v) is 11.9. The molecule has 180 valence electrons. The zero-order valence-electron chi connectivity index (χ0n) is 20.0. The standard InChI is InChI=1S/C27H30N6O2/c1-3-7-23(34)32-16-14-20(15-17-32)33-27(2)24(26(28)29-18-30-27)25(31-33)19-10-12-22(13-11-19)35-21-8-5-4-6-9-21/h3-13,18,20,31H,14-17H2,1-2H3,(H2,28,29,30)/b7-3+. The van der Waals surface area contributed by atoms with E-state index in [0.29, 0.717) is 18.9 Å². The minimum Gasteiger partial charge on any atom is -0.457 e. The van der Waals surface area contributed by atoms with Crippen LogP contribution in [0.3, 0.4) is 0 Å². The second-order valence-electron chi connectivity index (χ2n) is 9.01. The molecule has 1 amide bonds. The van der Waals surface area contributed by atoms with Gasteiger partial charge >= 0.3 is 0 Å². The molecule has 3 N–H and O–H groups in total. The van der Waals surface area contributed by atoms with Gasteiger partial charge in [0.15, 0.2) is 5.66 Å². The van der Waals surface area contributed by atoms with Crippen molar-refractivity contribution in [3.63, 3.8) is 0 Å². The number of likely N-dealkylation sites (tertiary alicyclic amines) is 1. The first-order valence-electron chi connectivity index (χ1n) is 11.9. The van der Waals surface area contributed by atoms with Crippen molar-refractivity contribution in [2.75, 3.05) is 13.1 Å². The number of benzene rings is 2. The van der Waals surface area contributed by atoms with Gasteiger partial charge in [-0.3, -0.25) is 4.79 Å². The van der Waals surface area contributed by atoms with Gasteiger partial charge in [-0.2, -0.15) is 5.01 Å². The lowest BCUT2D eigenvalue weighted by atomic mass is 9.93. The fourth-order valence-electron chi connectivity index (χ4n) is 4.97. The monoisotopic (exact) mass is 470 g/mol. The molecule has 5 rings (SSSR count). The molecule has 0 saturated carbocycles. The number of piperidine rings is 1. The average molecular weight is 471 g/mol. The number of amides is 1. The molecule has 0 aromatic heterocycles. The molecule has 1 fully saturated rings. The summed E-state index contributed by atoms with van der Waals surface area (Å²) < 4.78 is 5.95. The molecule has 8 heteroatoms. The van der Waals surface area contributed by atoms with E-state index in [1.54, 1.807) is 12.2 Å². The summed E-state index contributed by atoms with van der Waals surface area (Å²) in [6.45, 7) is 5.32. The number of fused-ring (bicyclic) bond motifs is 1. The number of nitrogens with zero attached hydrogens (tertiary/aromatic N) is 4. The average Bonchev–Trinajstić information content (AvgIpc) is 3.19. The minimum atomic E-state index is -0.680. The molecule has 3 heterocycles. The highest BCUT2D eigenvalue weighted by Crippen LogP contribution is 2.41. The van der Waals surface area contributed by atoms with Gasteiger partial charge in [0.05, 0.1) is 11.3 Å². The zero-order valence-corrected chi connectivity index (χ0v) is 20.0. The number of ether oxygens (including phenoxy) is 1. The van der Waals surface area contributed by atoms with E-state index in [4.69, 9.17) is 15.5 Å². The van der Waals surface area contributed by atoms with Gasteiger partial charge in [0.1, 0.15) is 23.7 Å². The van der Waals surface area contributed by atoms with E-state index >= 15 is 0 Å². The Morgan fingerprint density at radius 3 is 2.49 bits per heavy atom. The summed E-state index contributed by atoms with van der Waals surface area (Å²) in [4.78, 5) is 23.2. The predicted molar refractivity (Wildman–Crippen MR) is 138 cm³/mol. The number of hydrogen-bond donors (Lipinski definition) is 2. The van der Waals surface area contributed by atoms with E-state index in [1.807, 2.05) is 66.4 Å². The molecule has 3 aliphatic heterocycles. The Balaban J connectivity index is 1.38. The number of amidine groups is 1. The molecular weight excluding hydrogens is 440 g/mol. The second-order valence-corrected chi connectivity index (χ2v) is 9.01. The number of nitrogens with two attached hydrogens (primary N) is 1. The fraction of sp³-hybridized carbons (Fsp3) is 0.296. The van der Waals surface area contributed by atoms with E-state index < -0.39 is 5.66 Å². The highest BCUT2D eigenvalue weighted by molar-refractivity contribution is 6.10. The molecule has 2 aromatic carbocycles. The first-order chi connectivity index (χ1) is 17.0. The molecule has 0 radical (unpaired) electrons. The lowest BCUT2D eigenvalue weighted by molar-refractivity contribution is -0.128. The maximum absolute atomic E-state index is 12.3. The van der Waals surface area contributed by atoms with Gasteiger partial charge in [0.25, 0.3) is 0 Å². The summed E-state index contributed by atoms with van der Waals surface area (Å²) in [6, 6.07) is 17.8. The van der Waals surface area contributed by atoms with Crippen LogP contribution in [0.4, 0.5) is 0 Å². The van der Waals surface area contributed by atoms with E-state index in [2.05, 4.69) is 22.4 Å². The lowest BCUT2D eigenvalue weighted by Crippen LogP contribution is -2.57. The van der Waals surface area contributed by atoms with Crippen LogP contribution in [0, 0.1) is 0 Å². The third kappa shape index (κ3) is 4.33. The Labute approximate surface area is 205 Å². The normalized spacial score (nSPS) is 22.8. The van der Waals surface area contributed by atoms with E-state index in [9.17, 15) is 4.79 Å². The van der Waals surface area contributed by atoms with Gasteiger partial charge in [0, 0.05) is 19.1 Å². The number of carbonyl (C=O) groups is 1. The minimum absolute atomic E-state index is 0.0657. The Bertz CT molecular complexity index is 1210. The molecule has 8 nitrogen and oxygen atoms in total. The topological polar surface area (TPSA) is 95.5 Å². The van der Waals surface area contributed by atoms with E-state index in [-0.39, 0.29) is 11.9 Å². The summed E-state index contributed by atoms with van der Waals surface area (Å²) in [5.41, 5.74) is 12.1. The molecule has 1 atom stereocenters. The van der Waals surface area contributed by atoms with Crippen molar-refractivity contribution in [3.05, 3.63) is 77.9 Å². The zero-order chi connectivity index (χ0) is 24.4. The quantitative estimate of drug-likeness (QED) is 0.650. The van der Waals surface area contributed by atoms with Gasteiger partial charge < -0.3 is 20.8 Å². The van der Waals surface area contributed by atoms with Crippen LogP contribution < -0.4 is 15.9 Å². The maximum atomic E-state index is 12.3. The third-order valence-electron chi connectivity index (χ3n) is 6.76. The van der Waals surface area contributed by atoms with Crippen molar-refractivity contribution < 1.29 is 9.53 Å². The predicted octanol–water partition coefficient (Wildman–Crippen LogP) is 3.69. The molecule has 1 saturated heterocycles. The van der Waals surface area contributed by atoms with Crippen LogP contribution in [0.1, 0.15) is 32.3 Å². The number of para-hydroxylation sites is 1. The van der Waals surface area contributed by atoms with Gasteiger partial charge in [-0.05, 0) is 74.7 Å². The Hall–Kier alpha value is -3.91. The van der Waals surface area contributed by atoms with Crippen molar-refractivity contribution in [3.8, 4) is 11.5 Å². The van der Waals surface area contributed by atoms with Crippen LogP contribution in [0.2, 0.25) is 0 Å². The van der Waals surface area contributed by atoms with Crippen LogP contribution >= 0.6 is 0 Å². The molecule has 0 bridgehead atoms. The van der Waals surface area contributed by atoms with Crippen LogP contribution in [-0.4, -0.2) is 52.8 Å². The number of hydrazine groups is 1. The molecule has 2 aromatic rings. The van der Waals surface area contributed by atoms with Gasteiger partial charge in [-0.15, -0.1) is 0 Å². The largest absolute Gasteiger partial charge is 0.457 e. The maximum Gasteiger partial charge on any atom is 0.246 e. The SMILES string of the molecule is C/C=C/C(=O)N1CCC(N2NC(c3ccc(Oc4ccccc4)cc3)=C3C(N)=NC=NC32C)CC1. The smallest absolute Gasteiger partial charge is 0.246 e. The van der Waals surface area contributed by atoms with Crippen molar-refractivity contribution >= 4 is 23.8 Å². The Morgan fingerprint density at radius 1 is 1.11 bits per heavy atom. The molecule has 0 spiro atoms. The summed E-state index contributed by atoms with van der Waals surface area (Å²) in [5, 5.41) is 2.18. The third-order valence-corrected chi connectivity index (χ3v) is 6.76. The molecular formula is C27H30N6O2. The van der Waals surface area contributed by atoms with Gasteiger partial charge in [-0.25, -0.2) is 9.98 Å². The van der Waals surface area contributed by atoms with Crippen LogP contribution in [0.25, 0.3) is 5.70 Å². The van der Waals surface area contributed by atoms with E-state index in [0.717, 1.165) is 41.2 Å². The number of hydrogen-bond acceptors (Lipinski definition) is 7. The fourth-order valence-corrected chi connectivity index (χ4v) is 4.97. The summed E-state index contributed by atoms with van der Waals surface area (Å²) in [5.74, 6) is 2.07. The van der Waals surface area contributed by atoms with Gasteiger partial charge in [-0.1, -0.05) is 24.3 Å². The van der Waals surface area contributed by atoms with Crippen molar-refractivity contribution in [1.29, 1.82) is 0 Å². The first kappa shape index (κ1) is 22.9. The Morgan fingerprint density at radius 2 is 1.80 bits per heavy atom. The van der Waals surface area contributed by atoms with Crippen LogP contribution in [-0.2, 0) is 4.79 Å². The van der Waals surface area contributed by atoms with Crippen LogP contribution in [0.15, 0.2) is 82.3 Å². The van der Waals surface area contributed by atoms with Gasteiger partial charge in [0.2, 0.25) is 5.91 Å². The number of rotatable bonds is 5. The highest BCUT2D eigenvalue weighted by atomic mass is 16.5. The number of carbonyl (C=O) groups excluding carboxylic acids is 1.